The van der Waals surface area contributed by atoms with Crippen LogP contribution in [0.25, 0.3) is 0 Å². The molecule has 4 rings (SSSR count). The zero-order valence-corrected chi connectivity index (χ0v) is 15.3. The van der Waals surface area contributed by atoms with Gasteiger partial charge in [-0.1, -0.05) is 0 Å². The van der Waals surface area contributed by atoms with Crippen molar-refractivity contribution in [1.29, 1.82) is 0 Å². The van der Waals surface area contributed by atoms with Crippen molar-refractivity contribution in [3.63, 3.8) is 0 Å². The maximum absolute atomic E-state index is 13.1. The van der Waals surface area contributed by atoms with Crippen LogP contribution in [0.2, 0.25) is 0 Å². The highest BCUT2D eigenvalue weighted by molar-refractivity contribution is 7.14. The number of aromatic nitrogens is 2. The van der Waals surface area contributed by atoms with Gasteiger partial charge in [0.25, 0.3) is 5.91 Å². The van der Waals surface area contributed by atoms with Crippen molar-refractivity contribution in [2.24, 2.45) is 7.05 Å². The topological polar surface area (TPSA) is 47.4 Å². The van der Waals surface area contributed by atoms with Gasteiger partial charge in [0, 0.05) is 36.1 Å². The van der Waals surface area contributed by atoms with Gasteiger partial charge < -0.3 is 9.64 Å². The highest BCUT2D eigenvalue weighted by Gasteiger charge is 2.35. The third-order valence-electron chi connectivity index (χ3n) is 5.25. The number of nitrogens with zero attached hydrogens (tertiary/aromatic N) is 3. The van der Waals surface area contributed by atoms with Crippen LogP contribution in [-0.4, -0.2) is 33.7 Å². The number of likely N-dealkylation sites (tertiary alicyclic amines) is 1. The summed E-state index contributed by atoms with van der Waals surface area (Å²) < 4.78 is 7.43. The molecule has 0 aromatic carbocycles. The second-order valence-corrected chi connectivity index (χ2v) is 7.86. The first-order valence-electron chi connectivity index (χ1n) is 8.56. The number of thiophene rings is 1. The van der Waals surface area contributed by atoms with Crippen LogP contribution in [0.15, 0.2) is 6.07 Å². The number of ether oxygens (including phenoxy) is 1. The monoisotopic (exact) mass is 345 g/mol. The summed E-state index contributed by atoms with van der Waals surface area (Å²) in [4.78, 5) is 17.4. The van der Waals surface area contributed by atoms with Gasteiger partial charge in [-0.2, -0.15) is 5.10 Å². The summed E-state index contributed by atoms with van der Waals surface area (Å²) in [5.41, 5.74) is 4.63. The fourth-order valence-corrected chi connectivity index (χ4v) is 5.08. The fraction of sp³-hybridized carbons (Fsp3) is 0.556. The Kier molecular flexibility index (Phi) is 3.96. The number of amides is 1. The Labute approximate surface area is 146 Å². The van der Waals surface area contributed by atoms with E-state index >= 15 is 0 Å². The number of aryl methyl sites for hydroxylation is 2. The summed E-state index contributed by atoms with van der Waals surface area (Å²) in [5.74, 6) is 0.166. The summed E-state index contributed by atoms with van der Waals surface area (Å²) >= 11 is 1.65. The lowest BCUT2D eigenvalue weighted by atomic mass is 10.0. The molecule has 128 valence electrons. The molecular formula is C18H23N3O2S. The lowest BCUT2D eigenvalue weighted by molar-refractivity contribution is 0.0739. The molecule has 1 unspecified atom stereocenters. The Balaban J connectivity index is 1.65. The normalized spacial score (nSPS) is 20.5. The lowest BCUT2D eigenvalue weighted by Gasteiger charge is -2.25. The van der Waals surface area contributed by atoms with E-state index in [0.717, 1.165) is 48.7 Å². The SMILES string of the molecule is Cc1nn(C)c(C)c1C1CCCN1C(=O)c1cc2c(s1)CCOC2. The van der Waals surface area contributed by atoms with Crippen LogP contribution in [0, 0.1) is 13.8 Å². The molecular weight excluding hydrogens is 322 g/mol. The van der Waals surface area contributed by atoms with Gasteiger partial charge in [-0.15, -0.1) is 11.3 Å². The standard InChI is InChI=1S/C18H23N3O2S/c1-11-17(12(2)20(3)19-11)14-5-4-7-21(14)18(22)16-9-13-10-23-8-6-15(13)24-16/h9,14H,4-8,10H2,1-3H3. The van der Waals surface area contributed by atoms with Gasteiger partial charge in [0.15, 0.2) is 0 Å². The van der Waals surface area contributed by atoms with Crippen molar-refractivity contribution in [3.05, 3.63) is 38.3 Å². The van der Waals surface area contributed by atoms with Crippen molar-refractivity contribution >= 4 is 17.2 Å². The van der Waals surface area contributed by atoms with Gasteiger partial charge in [-0.05, 0) is 38.3 Å². The predicted octanol–water partition coefficient (Wildman–Crippen LogP) is 3.15. The van der Waals surface area contributed by atoms with Gasteiger partial charge >= 0.3 is 0 Å². The quantitative estimate of drug-likeness (QED) is 0.840. The highest BCUT2D eigenvalue weighted by Crippen LogP contribution is 2.38. The van der Waals surface area contributed by atoms with Crippen molar-refractivity contribution in [2.45, 2.75) is 45.8 Å². The first kappa shape index (κ1) is 15.8. The molecule has 5 nitrogen and oxygen atoms in total. The van der Waals surface area contributed by atoms with Gasteiger partial charge in [0.1, 0.15) is 0 Å². The number of hydrogen-bond acceptors (Lipinski definition) is 4. The summed E-state index contributed by atoms with van der Waals surface area (Å²) in [6.45, 7) is 6.38. The van der Waals surface area contributed by atoms with Crippen molar-refractivity contribution < 1.29 is 9.53 Å². The Bertz CT molecular complexity index is 769. The molecule has 0 aliphatic carbocycles. The minimum Gasteiger partial charge on any atom is -0.376 e. The Morgan fingerprint density at radius 2 is 2.25 bits per heavy atom. The minimum absolute atomic E-state index is 0.154. The maximum Gasteiger partial charge on any atom is 0.264 e. The molecule has 2 aliphatic heterocycles. The van der Waals surface area contributed by atoms with E-state index in [4.69, 9.17) is 4.74 Å². The third kappa shape index (κ3) is 2.48. The van der Waals surface area contributed by atoms with Gasteiger partial charge in [-0.25, -0.2) is 0 Å². The molecule has 2 aromatic heterocycles. The van der Waals surface area contributed by atoms with Crippen LogP contribution in [0.1, 0.15) is 55.9 Å². The van der Waals surface area contributed by atoms with Gasteiger partial charge in [0.2, 0.25) is 0 Å². The first-order valence-corrected chi connectivity index (χ1v) is 9.38. The molecule has 4 heterocycles. The van der Waals surface area contributed by atoms with E-state index in [0.29, 0.717) is 6.61 Å². The van der Waals surface area contributed by atoms with Crippen LogP contribution in [0.3, 0.4) is 0 Å². The Morgan fingerprint density at radius 1 is 1.42 bits per heavy atom. The van der Waals surface area contributed by atoms with E-state index in [1.165, 1.54) is 16.0 Å². The van der Waals surface area contributed by atoms with E-state index in [1.807, 2.05) is 24.7 Å². The molecule has 24 heavy (non-hydrogen) atoms. The average molecular weight is 345 g/mol. The molecule has 1 amide bonds. The summed E-state index contributed by atoms with van der Waals surface area (Å²) in [5, 5.41) is 4.54. The maximum atomic E-state index is 13.1. The van der Waals surface area contributed by atoms with Crippen LogP contribution < -0.4 is 0 Å². The fourth-order valence-electron chi connectivity index (χ4n) is 3.98. The van der Waals surface area contributed by atoms with Crippen molar-refractivity contribution in [1.82, 2.24) is 14.7 Å². The van der Waals surface area contributed by atoms with Crippen molar-refractivity contribution in [2.75, 3.05) is 13.2 Å². The van der Waals surface area contributed by atoms with E-state index < -0.39 is 0 Å². The van der Waals surface area contributed by atoms with E-state index in [2.05, 4.69) is 16.9 Å². The summed E-state index contributed by atoms with van der Waals surface area (Å²) in [6, 6.07) is 2.20. The molecule has 2 aromatic rings. The molecule has 0 spiro atoms. The Hall–Kier alpha value is -1.66. The number of hydrogen-bond donors (Lipinski definition) is 0. The van der Waals surface area contributed by atoms with Crippen LogP contribution in [0.4, 0.5) is 0 Å². The molecule has 0 saturated carbocycles. The van der Waals surface area contributed by atoms with E-state index in [-0.39, 0.29) is 11.9 Å². The smallest absolute Gasteiger partial charge is 0.264 e. The second-order valence-electron chi connectivity index (χ2n) is 6.73. The van der Waals surface area contributed by atoms with Crippen LogP contribution in [0.5, 0.6) is 0 Å². The zero-order valence-electron chi connectivity index (χ0n) is 14.5. The largest absolute Gasteiger partial charge is 0.376 e. The number of rotatable bonds is 2. The number of fused-ring (bicyclic) bond motifs is 1. The summed E-state index contributed by atoms with van der Waals surface area (Å²) in [7, 11) is 1.97. The molecule has 1 saturated heterocycles. The van der Waals surface area contributed by atoms with Gasteiger partial charge in [-0.3, -0.25) is 9.48 Å². The zero-order chi connectivity index (χ0) is 16.8. The van der Waals surface area contributed by atoms with E-state index in [9.17, 15) is 4.79 Å². The van der Waals surface area contributed by atoms with Gasteiger partial charge in [0.05, 0.1) is 29.8 Å². The van der Waals surface area contributed by atoms with E-state index in [1.54, 1.807) is 11.3 Å². The second kappa shape index (κ2) is 6.01. The number of carbonyl (C=O) groups is 1. The van der Waals surface area contributed by atoms with Crippen molar-refractivity contribution in [3.8, 4) is 0 Å². The first-order chi connectivity index (χ1) is 11.6. The molecule has 0 bridgehead atoms. The highest BCUT2D eigenvalue weighted by atomic mass is 32.1. The average Bonchev–Trinajstić information content (AvgIpc) is 3.25. The predicted molar refractivity (Wildman–Crippen MR) is 93.4 cm³/mol. The third-order valence-corrected chi connectivity index (χ3v) is 6.48. The molecule has 1 fully saturated rings. The molecule has 0 radical (unpaired) electrons. The Morgan fingerprint density at radius 3 is 2.96 bits per heavy atom. The van der Waals surface area contributed by atoms with Crippen LogP contribution in [-0.2, 0) is 24.8 Å². The molecule has 0 N–H and O–H groups in total. The molecule has 6 heteroatoms. The lowest BCUT2D eigenvalue weighted by Crippen LogP contribution is -2.30. The molecule has 1 atom stereocenters. The summed E-state index contributed by atoms with van der Waals surface area (Å²) in [6.07, 6.45) is 3.00. The number of carbonyl (C=O) groups excluding carboxylic acids is 1. The van der Waals surface area contributed by atoms with Crippen LogP contribution >= 0.6 is 11.3 Å². The minimum atomic E-state index is 0.154. The molecule has 2 aliphatic rings.